The number of carbonyl (C=O) groups excluding carboxylic acids is 1. The molecule has 8 nitrogen and oxygen atoms in total. The van der Waals surface area contributed by atoms with Gasteiger partial charge in [0.05, 0.1) is 39.4 Å². The van der Waals surface area contributed by atoms with E-state index in [1.54, 1.807) is 54.6 Å². The lowest BCUT2D eigenvalue weighted by Gasteiger charge is -2.14. The molecule has 1 aromatic heterocycles. The summed E-state index contributed by atoms with van der Waals surface area (Å²) in [7, 11) is 5.90. The lowest BCUT2D eigenvalue weighted by Crippen LogP contribution is -2.03. The highest BCUT2D eigenvalue weighted by atomic mass is 16.5. The fraction of sp³-hybridized carbons (Fsp3) is 0.185. The van der Waals surface area contributed by atoms with Crippen LogP contribution in [0.3, 0.4) is 0 Å². The Morgan fingerprint density at radius 1 is 0.829 bits per heavy atom. The second-order valence-corrected chi connectivity index (χ2v) is 7.52. The average Bonchev–Trinajstić information content (AvgIpc) is 2.90. The van der Waals surface area contributed by atoms with Gasteiger partial charge in [-0.2, -0.15) is 0 Å². The van der Waals surface area contributed by atoms with E-state index in [1.807, 2.05) is 0 Å². The molecule has 35 heavy (non-hydrogen) atoms. The summed E-state index contributed by atoms with van der Waals surface area (Å²) in [5.41, 5.74) is 2.12. The molecule has 0 saturated carbocycles. The monoisotopic (exact) mass is 476 g/mol. The Labute approximate surface area is 201 Å². The largest absolute Gasteiger partial charge is 0.493 e. The minimum Gasteiger partial charge on any atom is -0.493 e. The van der Waals surface area contributed by atoms with Crippen LogP contribution in [0.25, 0.3) is 22.3 Å². The highest BCUT2D eigenvalue weighted by Gasteiger charge is 2.16. The molecule has 3 aromatic carbocycles. The number of benzene rings is 3. The SMILES string of the molecule is COC(=O)c1ccc(COc2ccc3oc(-c4cc(OC)c(OC)c(OC)c4)cc(=O)c3c2)cc1. The molecular formula is C27H24O8. The fourth-order valence-corrected chi connectivity index (χ4v) is 3.61. The van der Waals surface area contributed by atoms with Gasteiger partial charge in [0.1, 0.15) is 23.7 Å². The van der Waals surface area contributed by atoms with Crippen LogP contribution in [-0.4, -0.2) is 34.4 Å². The summed E-state index contributed by atoms with van der Waals surface area (Å²) in [6, 6.07) is 16.8. The molecular weight excluding hydrogens is 452 g/mol. The van der Waals surface area contributed by atoms with Crippen molar-refractivity contribution in [1.29, 1.82) is 0 Å². The third-order valence-electron chi connectivity index (χ3n) is 5.43. The van der Waals surface area contributed by atoms with Crippen LogP contribution in [0.2, 0.25) is 0 Å². The summed E-state index contributed by atoms with van der Waals surface area (Å²) in [5.74, 6) is 1.83. The van der Waals surface area contributed by atoms with Gasteiger partial charge < -0.3 is 28.1 Å². The molecule has 0 aliphatic rings. The number of rotatable bonds is 8. The van der Waals surface area contributed by atoms with E-state index in [-0.39, 0.29) is 12.0 Å². The number of fused-ring (bicyclic) bond motifs is 1. The number of carbonyl (C=O) groups is 1. The number of ether oxygens (including phenoxy) is 5. The molecule has 0 aliphatic heterocycles. The molecule has 0 atom stereocenters. The third kappa shape index (κ3) is 4.91. The van der Waals surface area contributed by atoms with E-state index >= 15 is 0 Å². The molecule has 0 aliphatic carbocycles. The van der Waals surface area contributed by atoms with Gasteiger partial charge in [0.2, 0.25) is 5.75 Å². The summed E-state index contributed by atoms with van der Waals surface area (Å²) in [4.78, 5) is 24.5. The highest BCUT2D eigenvalue weighted by Crippen LogP contribution is 2.41. The van der Waals surface area contributed by atoms with Crippen LogP contribution in [0, 0.1) is 0 Å². The van der Waals surface area contributed by atoms with Gasteiger partial charge in [0.25, 0.3) is 0 Å². The Morgan fingerprint density at radius 3 is 2.11 bits per heavy atom. The number of hydrogen-bond acceptors (Lipinski definition) is 8. The summed E-state index contributed by atoms with van der Waals surface area (Å²) in [5, 5.41) is 0.389. The second kappa shape index (κ2) is 10.2. The molecule has 0 amide bonds. The van der Waals surface area contributed by atoms with Crippen LogP contribution in [0.1, 0.15) is 15.9 Å². The molecule has 0 fully saturated rings. The van der Waals surface area contributed by atoms with Gasteiger partial charge in [0.15, 0.2) is 16.9 Å². The van der Waals surface area contributed by atoms with Crippen LogP contribution in [-0.2, 0) is 11.3 Å². The van der Waals surface area contributed by atoms with E-state index in [2.05, 4.69) is 0 Å². The van der Waals surface area contributed by atoms with Gasteiger partial charge in [-0.15, -0.1) is 0 Å². The van der Waals surface area contributed by atoms with Crippen molar-refractivity contribution in [2.45, 2.75) is 6.61 Å². The Morgan fingerprint density at radius 2 is 1.51 bits per heavy atom. The van der Waals surface area contributed by atoms with Crippen molar-refractivity contribution in [3.05, 3.63) is 82.0 Å². The first-order chi connectivity index (χ1) is 17.0. The van der Waals surface area contributed by atoms with Gasteiger partial charge >= 0.3 is 5.97 Å². The molecule has 0 spiro atoms. The minimum absolute atomic E-state index is 0.220. The topological polar surface area (TPSA) is 93.4 Å². The maximum atomic E-state index is 12.9. The van der Waals surface area contributed by atoms with Crippen LogP contribution < -0.4 is 24.4 Å². The van der Waals surface area contributed by atoms with Crippen molar-refractivity contribution >= 4 is 16.9 Å². The smallest absolute Gasteiger partial charge is 0.337 e. The average molecular weight is 476 g/mol. The van der Waals surface area contributed by atoms with Gasteiger partial charge in [0, 0.05) is 11.6 Å². The molecule has 0 saturated heterocycles. The summed E-state index contributed by atoms with van der Waals surface area (Å²) < 4.78 is 32.7. The molecule has 1 heterocycles. The number of hydrogen-bond donors (Lipinski definition) is 0. The van der Waals surface area contributed by atoms with Crippen molar-refractivity contribution in [2.75, 3.05) is 28.4 Å². The van der Waals surface area contributed by atoms with Gasteiger partial charge in [-0.1, -0.05) is 12.1 Å². The van der Waals surface area contributed by atoms with Crippen molar-refractivity contribution < 1.29 is 32.9 Å². The van der Waals surface area contributed by atoms with Crippen molar-refractivity contribution in [3.8, 4) is 34.3 Å². The zero-order valence-corrected chi connectivity index (χ0v) is 19.7. The number of esters is 1. The van der Waals surface area contributed by atoms with Crippen molar-refractivity contribution in [1.82, 2.24) is 0 Å². The van der Waals surface area contributed by atoms with Crippen LogP contribution in [0.15, 0.2) is 69.9 Å². The van der Waals surface area contributed by atoms with E-state index in [0.29, 0.717) is 50.9 Å². The predicted octanol–water partition coefficient (Wildman–Crippen LogP) is 4.85. The zero-order chi connectivity index (χ0) is 24.9. The molecule has 0 radical (unpaired) electrons. The van der Waals surface area contributed by atoms with Crippen LogP contribution >= 0.6 is 0 Å². The molecule has 0 N–H and O–H groups in total. The Kier molecular flexibility index (Phi) is 6.91. The molecule has 8 heteroatoms. The van der Waals surface area contributed by atoms with E-state index in [9.17, 15) is 9.59 Å². The predicted molar refractivity (Wildman–Crippen MR) is 130 cm³/mol. The zero-order valence-electron chi connectivity index (χ0n) is 19.7. The first kappa shape index (κ1) is 23.7. The van der Waals surface area contributed by atoms with Crippen LogP contribution in [0.4, 0.5) is 0 Å². The lowest BCUT2D eigenvalue weighted by molar-refractivity contribution is 0.0600. The lowest BCUT2D eigenvalue weighted by atomic mass is 10.1. The van der Waals surface area contributed by atoms with Gasteiger partial charge in [-0.3, -0.25) is 4.79 Å². The standard InChI is InChI=1S/C27H24O8/c1-30-24-11-18(12-25(31-2)26(24)32-3)23-14-21(28)20-13-19(9-10-22(20)35-23)34-15-16-5-7-17(8-6-16)27(29)33-4/h5-14H,15H2,1-4H3. The first-order valence-corrected chi connectivity index (χ1v) is 10.7. The third-order valence-corrected chi connectivity index (χ3v) is 5.43. The molecule has 4 rings (SSSR count). The summed E-state index contributed by atoms with van der Waals surface area (Å²) >= 11 is 0. The Bertz CT molecular complexity index is 1390. The van der Waals surface area contributed by atoms with Gasteiger partial charge in [-0.25, -0.2) is 4.79 Å². The normalized spacial score (nSPS) is 10.6. The maximum Gasteiger partial charge on any atom is 0.337 e. The molecule has 0 bridgehead atoms. The Hall–Kier alpha value is -4.46. The number of methoxy groups -OCH3 is 4. The van der Waals surface area contributed by atoms with Crippen LogP contribution in [0.5, 0.6) is 23.0 Å². The summed E-state index contributed by atoms with van der Waals surface area (Å²) in [6.07, 6.45) is 0. The quantitative estimate of drug-likeness (QED) is 0.333. The van der Waals surface area contributed by atoms with E-state index in [1.165, 1.54) is 34.5 Å². The minimum atomic E-state index is -0.399. The van der Waals surface area contributed by atoms with E-state index < -0.39 is 5.97 Å². The fourth-order valence-electron chi connectivity index (χ4n) is 3.61. The highest BCUT2D eigenvalue weighted by molar-refractivity contribution is 5.89. The first-order valence-electron chi connectivity index (χ1n) is 10.7. The van der Waals surface area contributed by atoms with Crippen molar-refractivity contribution in [3.63, 3.8) is 0 Å². The molecule has 4 aromatic rings. The second-order valence-electron chi connectivity index (χ2n) is 7.52. The van der Waals surface area contributed by atoms with E-state index in [0.717, 1.165) is 5.56 Å². The maximum absolute atomic E-state index is 12.9. The van der Waals surface area contributed by atoms with Gasteiger partial charge in [-0.05, 0) is 48.0 Å². The molecule has 0 unspecified atom stereocenters. The van der Waals surface area contributed by atoms with E-state index in [4.69, 9.17) is 28.1 Å². The van der Waals surface area contributed by atoms with Crippen molar-refractivity contribution in [2.24, 2.45) is 0 Å². The Balaban J connectivity index is 1.60. The summed E-state index contributed by atoms with van der Waals surface area (Å²) in [6.45, 7) is 0.266. The molecule has 180 valence electrons.